The highest BCUT2D eigenvalue weighted by Crippen LogP contribution is 2.30. The lowest BCUT2D eigenvalue weighted by Gasteiger charge is -2.09. The number of H-pyrrole nitrogens is 1. The summed E-state index contributed by atoms with van der Waals surface area (Å²) in [6, 6.07) is 15.3. The second kappa shape index (κ2) is 5.43. The molecule has 0 saturated heterocycles. The van der Waals surface area contributed by atoms with E-state index in [1.54, 1.807) is 18.5 Å². The second-order valence-corrected chi connectivity index (χ2v) is 5.27. The van der Waals surface area contributed by atoms with Gasteiger partial charge >= 0.3 is 0 Å². The molecule has 0 atom stereocenters. The summed E-state index contributed by atoms with van der Waals surface area (Å²) in [5.41, 5.74) is 3.73. The molecule has 1 aromatic carbocycles. The van der Waals surface area contributed by atoms with E-state index >= 15 is 0 Å². The summed E-state index contributed by atoms with van der Waals surface area (Å²) >= 11 is 3.48. The standard InChI is InChI=1S/C16H11BrN2O/c17-13-4-1-3-11(9-13)14-5-2-8-18-16(14)12-6-7-15(20)19-10-12/h1-10H,(H,19,20). The number of pyridine rings is 2. The van der Waals surface area contributed by atoms with Gasteiger partial charge in [0, 0.05) is 34.1 Å². The van der Waals surface area contributed by atoms with Crippen LogP contribution >= 0.6 is 15.9 Å². The van der Waals surface area contributed by atoms with Crippen molar-refractivity contribution in [2.75, 3.05) is 0 Å². The van der Waals surface area contributed by atoms with Gasteiger partial charge in [0.15, 0.2) is 0 Å². The van der Waals surface area contributed by atoms with Crippen molar-refractivity contribution in [3.8, 4) is 22.4 Å². The maximum absolute atomic E-state index is 11.2. The molecule has 0 saturated carbocycles. The number of nitrogens with zero attached hydrogens (tertiary/aromatic N) is 1. The van der Waals surface area contributed by atoms with Crippen LogP contribution in [0.2, 0.25) is 0 Å². The second-order valence-electron chi connectivity index (χ2n) is 4.35. The first kappa shape index (κ1) is 12.8. The number of halogens is 1. The molecule has 0 spiro atoms. The molecule has 0 fully saturated rings. The molecule has 0 aliphatic rings. The smallest absolute Gasteiger partial charge is 0.247 e. The lowest BCUT2D eigenvalue weighted by molar-refractivity contribution is 1.22. The molecule has 4 heteroatoms. The molecule has 0 aliphatic heterocycles. The van der Waals surface area contributed by atoms with Crippen LogP contribution in [0.4, 0.5) is 0 Å². The van der Waals surface area contributed by atoms with E-state index in [-0.39, 0.29) is 5.56 Å². The maximum atomic E-state index is 11.2. The summed E-state index contributed by atoms with van der Waals surface area (Å²) in [5, 5.41) is 0. The van der Waals surface area contributed by atoms with Gasteiger partial charge in [0.2, 0.25) is 5.56 Å². The van der Waals surface area contributed by atoms with E-state index in [1.807, 2.05) is 36.4 Å². The molecule has 3 rings (SSSR count). The van der Waals surface area contributed by atoms with Crippen molar-refractivity contribution in [3.63, 3.8) is 0 Å². The van der Waals surface area contributed by atoms with E-state index < -0.39 is 0 Å². The van der Waals surface area contributed by atoms with Crippen molar-refractivity contribution in [2.45, 2.75) is 0 Å². The number of rotatable bonds is 2. The first-order valence-corrected chi connectivity index (χ1v) is 6.93. The molecule has 20 heavy (non-hydrogen) atoms. The molecule has 0 aliphatic carbocycles. The van der Waals surface area contributed by atoms with Crippen molar-refractivity contribution in [1.82, 2.24) is 9.97 Å². The minimum Gasteiger partial charge on any atom is -0.328 e. The fourth-order valence-electron chi connectivity index (χ4n) is 2.08. The predicted octanol–water partition coefficient (Wildman–Crippen LogP) is 3.87. The first-order chi connectivity index (χ1) is 9.74. The van der Waals surface area contributed by atoms with Gasteiger partial charge in [-0.25, -0.2) is 0 Å². The van der Waals surface area contributed by atoms with Gasteiger partial charge in [-0.15, -0.1) is 0 Å². The Kier molecular flexibility index (Phi) is 3.48. The van der Waals surface area contributed by atoms with Crippen molar-refractivity contribution in [2.24, 2.45) is 0 Å². The van der Waals surface area contributed by atoms with Crippen LogP contribution in [0.15, 0.2) is 70.2 Å². The fourth-order valence-corrected chi connectivity index (χ4v) is 2.48. The molecule has 2 heterocycles. The molecule has 0 amide bonds. The Morgan fingerprint density at radius 2 is 1.90 bits per heavy atom. The van der Waals surface area contributed by atoms with Gasteiger partial charge in [0.05, 0.1) is 5.69 Å². The monoisotopic (exact) mass is 326 g/mol. The Balaban J connectivity index is 2.18. The number of nitrogens with one attached hydrogen (secondary N) is 1. The molecule has 2 aromatic heterocycles. The number of aromatic amines is 1. The molecule has 0 bridgehead atoms. The van der Waals surface area contributed by atoms with Gasteiger partial charge < -0.3 is 4.98 Å². The van der Waals surface area contributed by atoms with E-state index in [2.05, 4.69) is 25.9 Å². The van der Waals surface area contributed by atoms with Gasteiger partial charge in [-0.2, -0.15) is 0 Å². The zero-order valence-electron chi connectivity index (χ0n) is 10.5. The highest BCUT2D eigenvalue weighted by Gasteiger charge is 2.08. The van der Waals surface area contributed by atoms with Crippen molar-refractivity contribution in [1.29, 1.82) is 0 Å². The fraction of sp³-hybridized carbons (Fsp3) is 0. The first-order valence-electron chi connectivity index (χ1n) is 6.14. The zero-order chi connectivity index (χ0) is 13.9. The van der Waals surface area contributed by atoms with E-state index in [9.17, 15) is 4.79 Å². The summed E-state index contributed by atoms with van der Waals surface area (Å²) in [6.07, 6.45) is 3.44. The Morgan fingerprint density at radius 3 is 2.65 bits per heavy atom. The van der Waals surface area contributed by atoms with E-state index in [0.717, 1.165) is 26.9 Å². The van der Waals surface area contributed by atoms with Crippen molar-refractivity contribution >= 4 is 15.9 Å². The summed E-state index contributed by atoms with van der Waals surface area (Å²) in [6.45, 7) is 0. The third-order valence-corrected chi connectivity index (χ3v) is 3.49. The molecular weight excluding hydrogens is 316 g/mol. The molecule has 1 N–H and O–H groups in total. The average molecular weight is 327 g/mol. The number of benzene rings is 1. The Labute approximate surface area is 124 Å². The molecule has 3 nitrogen and oxygen atoms in total. The van der Waals surface area contributed by atoms with Crippen LogP contribution in [-0.4, -0.2) is 9.97 Å². The van der Waals surface area contributed by atoms with Crippen LogP contribution < -0.4 is 5.56 Å². The summed E-state index contributed by atoms with van der Waals surface area (Å²) in [7, 11) is 0. The van der Waals surface area contributed by atoms with Crippen LogP contribution in [0.25, 0.3) is 22.4 Å². The summed E-state index contributed by atoms with van der Waals surface area (Å²) in [4.78, 5) is 18.3. The molecule has 3 aromatic rings. The van der Waals surface area contributed by atoms with Crippen LogP contribution in [0.3, 0.4) is 0 Å². The quantitative estimate of drug-likeness (QED) is 0.777. The lowest BCUT2D eigenvalue weighted by Crippen LogP contribution is -2.02. The topological polar surface area (TPSA) is 45.8 Å². The number of hydrogen-bond acceptors (Lipinski definition) is 2. The summed E-state index contributed by atoms with van der Waals surface area (Å²) < 4.78 is 1.02. The third-order valence-electron chi connectivity index (χ3n) is 3.00. The summed E-state index contributed by atoms with van der Waals surface area (Å²) in [5.74, 6) is 0. The average Bonchev–Trinajstić information content (AvgIpc) is 2.48. The highest BCUT2D eigenvalue weighted by molar-refractivity contribution is 9.10. The molecule has 0 radical (unpaired) electrons. The molecular formula is C16H11BrN2O. The van der Waals surface area contributed by atoms with Gasteiger partial charge in [0.1, 0.15) is 0 Å². The van der Waals surface area contributed by atoms with Crippen LogP contribution in [0, 0.1) is 0 Å². The van der Waals surface area contributed by atoms with Gasteiger partial charge in [-0.1, -0.05) is 34.1 Å². The maximum Gasteiger partial charge on any atom is 0.247 e. The van der Waals surface area contributed by atoms with E-state index in [0.29, 0.717) is 0 Å². The minimum absolute atomic E-state index is 0.117. The van der Waals surface area contributed by atoms with Crippen molar-refractivity contribution in [3.05, 3.63) is 75.8 Å². The Morgan fingerprint density at radius 1 is 1.00 bits per heavy atom. The SMILES string of the molecule is O=c1ccc(-c2ncccc2-c2cccc(Br)c2)c[nH]1. The molecule has 0 unspecified atom stereocenters. The van der Waals surface area contributed by atoms with E-state index in [1.165, 1.54) is 6.07 Å². The predicted molar refractivity (Wildman–Crippen MR) is 83.4 cm³/mol. The Hall–Kier alpha value is -2.20. The van der Waals surface area contributed by atoms with Crippen molar-refractivity contribution < 1.29 is 0 Å². The van der Waals surface area contributed by atoms with Crippen LogP contribution in [0.5, 0.6) is 0 Å². The van der Waals surface area contributed by atoms with Crippen LogP contribution in [-0.2, 0) is 0 Å². The minimum atomic E-state index is -0.117. The number of aromatic nitrogens is 2. The van der Waals surface area contributed by atoms with Gasteiger partial charge in [0.25, 0.3) is 0 Å². The largest absolute Gasteiger partial charge is 0.328 e. The van der Waals surface area contributed by atoms with Gasteiger partial charge in [-0.3, -0.25) is 9.78 Å². The highest BCUT2D eigenvalue weighted by atomic mass is 79.9. The molecule has 98 valence electrons. The Bertz CT molecular complexity index is 791. The van der Waals surface area contributed by atoms with Crippen LogP contribution in [0.1, 0.15) is 0 Å². The number of hydrogen-bond donors (Lipinski definition) is 1. The lowest BCUT2D eigenvalue weighted by atomic mass is 10.0. The normalized spacial score (nSPS) is 10.4. The van der Waals surface area contributed by atoms with Gasteiger partial charge in [-0.05, 0) is 29.8 Å². The third kappa shape index (κ3) is 2.56. The zero-order valence-corrected chi connectivity index (χ0v) is 12.1. The van der Waals surface area contributed by atoms with E-state index in [4.69, 9.17) is 0 Å².